The summed E-state index contributed by atoms with van der Waals surface area (Å²) in [7, 11) is 3.14. The molecule has 0 radical (unpaired) electrons. The average molecular weight is 516 g/mol. The fourth-order valence-corrected chi connectivity index (χ4v) is 4.64. The van der Waals surface area contributed by atoms with Gasteiger partial charge in [0, 0.05) is 18.5 Å². The number of imidazole rings is 1. The molecule has 0 bridgehead atoms. The van der Waals surface area contributed by atoms with Crippen LogP contribution in [0.2, 0.25) is 0 Å². The topological polar surface area (TPSA) is 74.6 Å². The third-order valence-corrected chi connectivity index (χ3v) is 6.64. The van der Waals surface area contributed by atoms with E-state index in [4.69, 9.17) is 19.2 Å². The zero-order valence-corrected chi connectivity index (χ0v) is 22.8. The van der Waals surface area contributed by atoms with E-state index < -0.39 is 0 Å². The van der Waals surface area contributed by atoms with Crippen LogP contribution in [0.15, 0.2) is 60.7 Å². The zero-order chi connectivity index (χ0) is 26.9. The third-order valence-electron chi connectivity index (χ3n) is 6.64. The quantitative estimate of drug-likeness (QED) is 0.225. The van der Waals surface area contributed by atoms with Gasteiger partial charge in [0.1, 0.15) is 18.2 Å². The van der Waals surface area contributed by atoms with Crippen LogP contribution in [-0.2, 0) is 13.0 Å². The standard InChI is InChI=1S/C31H37N3O4/c1-22-13-15-27(23(2)20-22)38-19-18-34-26-11-8-7-10-25(26)33-30(34)12-6-5-9-17-32-31(35)24-14-16-28(36-3)29(21-24)37-4/h7-8,10-11,13-16,20-21H,5-6,9,12,17-19H2,1-4H3,(H,32,35). The summed E-state index contributed by atoms with van der Waals surface area (Å²) in [6, 6.07) is 19.7. The Labute approximate surface area is 224 Å². The summed E-state index contributed by atoms with van der Waals surface area (Å²) in [6.07, 6.45) is 3.76. The molecule has 0 unspecified atom stereocenters. The Morgan fingerprint density at radius 2 is 1.68 bits per heavy atom. The van der Waals surface area contributed by atoms with E-state index in [2.05, 4.69) is 54.1 Å². The first-order valence-electron chi connectivity index (χ1n) is 13.1. The summed E-state index contributed by atoms with van der Waals surface area (Å²) in [5.41, 5.74) is 5.08. The number of fused-ring (bicyclic) bond motifs is 1. The molecule has 7 nitrogen and oxygen atoms in total. The van der Waals surface area contributed by atoms with Gasteiger partial charge in [-0.15, -0.1) is 0 Å². The monoisotopic (exact) mass is 515 g/mol. The molecule has 0 fully saturated rings. The summed E-state index contributed by atoms with van der Waals surface area (Å²) >= 11 is 0. The minimum absolute atomic E-state index is 0.114. The largest absolute Gasteiger partial charge is 0.493 e. The molecule has 38 heavy (non-hydrogen) atoms. The smallest absolute Gasteiger partial charge is 0.251 e. The number of carbonyl (C=O) groups excluding carboxylic acids is 1. The van der Waals surface area contributed by atoms with Gasteiger partial charge >= 0.3 is 0 Å². The molecule has 3 aromatic carbocycles. The molecule has 0 atom stereocenters. The van der Waals surface area contributed by atoms with Crippen molar-refractivity contribution in [1.82, 2.24) is 14.9 Å². The molecule has 1 aromatic heterocycles. The van der Waals surface area contributed by atoms with Gasteiger partial charge in [-0.1, -0.05) is 36.2 Å². The number of benzene rings is 3. The van der Waals surface area contributed by atoms with Gasteiger partial charge in [0.25, 0.3) is 5.91 Å². The van der Waals surface area contributed by atoms with Crippen molar-refractivity contribution >= 4 is 16.9 Å². The van der Waals surface area contributed by atoms with Crippen molar-refractivity contribution in [2.75, 3.05) is 27.4 Å². The molecular weight excluding hydrogens is 478 g/mol. The Kier molecular flexibility index (Phi) is 9.25. The Morgan fingerprint density at radius 1 is 0.895 bits per heavy atom. The highest BCUT2D eigenvalue weighted by Crippen LogP contribution is 2.27. The molecule has 0 aliphatic carbocycles. The molecule has 4 aromatic rings. The number of rotatable bonds is 13. The van der Waals surface area contributed by atoms with Crippen molar-refractivity contribution in [2.45, 2.75) is 46.1 Å². The first kappa shape index (κ1) is 27.0. The van der Waals surface area contributed by atoms with E-state index >= 15 is 0 Å². The van der Waals surface area contributed by atoms with Crippen LogP contribution in [0.25, 0.3) is 11.0 Å². The summed E-state index contributed by atoms with van der Waals surface area (Å²) in [5.74, 6) is 3.03. The molecule has 1 heterocycles. The minimum Gasteiger partial charge on any atom is -0.493 e. The van der Waals surface area contributed by atoms with E-state index in [1.807, 2.05) is 12.1 Å². The number of methoxy groups -OCH3 is 2. The van der Waals surface area contributed by atoms with E-state index in [1.54, 1.807) is 32.4 Å². The molecule has 1 amide bonds. The maximum Gasteiger partial charge on any atom is 0.251 e. The van der Waals surface area contributed by atoms with Gasteiger partial charge in [-0.3, -0.25) is 4.79 Å². The highest BCUT2D eigenvalue weighted by molar-refractivity contribution is 5.94. The molecule has 0 spiro atoms. The number of carbonyl (C=O) groups is 1. The fourth-order valence-electron chi connectivity index (χ4n) is 4.64. The Hall–Kier alpha value is -4.00. The summed E-state index contributed by atoms with van der Waals surface area (Å²) < 4.78 is 18.9. The highest BCUT2D eigenvalue weighted by Gasteiger charge is 2.12. The van der Waals surface area contributed by atoms with Crippen molar-refractivity contribution in [1.29, 1.82) is 0 Å². The van der Waals surface area contributed by atoms with Crippen molar-refractivity contribution in [3.63, 3.8) is 0 Å². The lowest BCUT2D eigenvalue weighted by atomic mass is 10.1. The van der Waals surface area contributed by atoms with E-state index in [1.165, 1.54) is 5.56 Å². The predicted octanol–water partition coefficient (Wildman–Crippen LogP) is 5.89. The van der Waals surface area contributed by atoms with Crippen molar-refractivity contribution in [3.05, 3.63) is 83.2 Å². The first-order valence-corrected chi connectivity index (χ1v) is 13.1. The van der Waals surface area contributed by atoms with E-state index in [0.717, 1.165) is 60.4 Å². The lowest BCUT2D eigenvalue weighted by molar-refractivity contribution is 0.0952. The van der Waals surface area contributed by atoms with E-state index in [0.29, 0.717) is 30.2 Å². The Morgan fingerprint density at radius 3 is 2.47 bits per heavy atom. The van der Waals surface area contributed by atoms with Crippen LogP contribution in [0.4, 0.5) is 0 Å². The predicted molar refractivity (Wildman–Crippen MR) is 151 cm³/mol. The molecule has 200 valence electrons. The van der Waals surface area contributed by atoms with Gasteiger partial charge in [-0.05, 0) is 68.7 Å². The first-order chi connectivity index (χ1) is 18.5. The molecule has 1 N–H and O–H groups in total. The van der Waals surface area contributed by atoms with Crippen LogP contribution in [0, 0.1) is 13.8 Å². The summed E-state index contributed by atoms with van der Waals surface area (Å²) in [6.45, 7) is 6.11. The van der Waals surface area contributed by atoms with Crippen LogP contribution in [0.3, 0.4) is 0 Å². The van der Waals surface area contributed by atoms with Gasteiger partial charge in [-0.25, -0.2) is 4.98 Å². The molecular formula is C31H37N3O4. The number of aromatic nitrogens is 2. The second-order valence-electron chi connectivity index (χ2n) is 9.42. The summed E-state index contributed by atoms with van der Waals surface area (Å²) in [5, 5.41) is 3.00. The fraction of sp³-hybridized carbons (Fsp3) is 0.355. The summed E-state index contributed by atoms with van der Waals surface area (Å²) in [4.78, 5) is 17.4. The zero-order valence-electron chi connectivity index (χ0n) is 22.8. The number of hydrogen-bond acceptors (Lipinski definition) is 5. The SMILES string of the molecule is COc1ccc(C(=O)NCCCCCc2nc3ccccc3n2CCOc2ccc(C)cc2C)cc1OC. The molecule has 0 aliphatic rings. The molecule has 0 saturated carbocycles. The number of nitrogens with one attached hydrogen (secondary N) is 1. The molecule has 7 heteroatoms. The maximum absolute atomic E-state index is 12.5. The van der Waals surface area contributed by atoms with E-state index in [-0.39, 0.29) is 5.91 Å². The molecule has 4 rings (SSSR count). The van der Waals surface area contributed by atoms with Crippen LogP contribution >= 0.6 is 0 Å². The number of hydrogen-bond donors (Lipinski definition) is 1. The highest BCUT2D eigenvalue weighted by atomic mass is 16.5. The van der Waals surface area contributed by atoms with Crippen LogP contribution in [0.1, 0.15) is 46.6 Å². The third kappa shape index (κ3) is 6.65. The van der Waals surface area contributed by atoms with Gasteiger partial charge < -0.3 is 24.1 Å². The number of amides is 1. The van der Waals surface area contributed by atoms with Crippen LogP contribution in [-0.4, -0.2) is 42.8 Å². The van der Waals surface area contributed by atoms with Gasteiger partial charge in [0.15, 0.2) is 11.5 Å². The second-order valence-corrected chi connectivity index (χ2v) is 9.42. The minimum atomic E-state index is -0.114. The number of nitrogens with zero attached hydrogens (tertiary/aromatic N) is 2. The number of para-hydroxylation sites is 2. The van der Waals surface area contributed by atoms with Crippen molar-refractivity contribution in [3.8, 4) is 17.2 Å². The van der Waals surface area contributed by atoms with E-state index in [9.17, 15) is 4.79 Å². The van der Waals surface area contributed by atoms with Gasteiger partial charge in [-0.2, -0.15) is 0 Å². The molecule has 0 aliphatic heterocycles. The normalized spacial score (nSPS) is 10.9. The van der Waals surface area contributed by atoms with Crippen LogP contribution < -0.4 is 19.5 Å². The number of unbranched alkanes of at least 4 members (excludes halogenated alkanes) is 2. The average Bonchev–Trinajstić information content (AvgIpc) is 3.28. The number of ether oxygens (including phenoxy) is 3. The maximum atomic E-state index is 12.5. The number of aryl methyl sites for hydroxylation is 3. The second kappa shape index (κ2) is 13.0. The lowest BCUT2D eigenvalue weighted by Gasteiger charge is -2.13. The van der Waals surface area contributed by atoms with Crippen molar-refractivity contribution < 1.29 is 19.0 Å². The Balaban J connectivity index is 1.27. The van der Waals surface area contributed by atoms with Gasteiger partial charge in [0.2, 0.25) is 0 Å². The lowest BCUT2D eigenvalue weighted by Crippen LogP contribution is -2.24. The van der Waals surface area contributed by atoms with Crippen LogP contribution in [0.5, 0.6) is 17.2 Å². The van der Waals surface area contributed by atoms with Crippen molar-refractivity contribution in [2.24, 2.45) is 0 Å². The van der Waals surface area contributed by atoms with Gasteiger partial charge in [0.05, 0.1) is 31.8 Å². The Bertz CT molecular complexity index is 1380. The molecule has 0 saturated heterocycles.